The smallest absolute Gasteiger partial charge is 0.279 e. The molecule has 2 rings (SSSR count). The van der Waals surface area contributed by atoms with Crippen molar-refractivity contribution in [2.75, 3.05) is 32.0 Å². The van der Waals surface area contributed by atoms with E-state index in [4.69, 9.17) is 9.68 Å². The molecule has 7 nitrogen and oxygen atoms in total. The molecule has 0 fully saturated rings. The number of nitriles is 1. The van der Waals surface area contributed by atoms with E-state index in [1.807, 2.05) is 31.2 Å². The molecule has 0 aliphatic rings. The number of hydrogen-bond acceptors (Lipinski definition) is 4. The molecule has 0 saturated carbocycles. The number of benzene rings is 1. The molecule has 2 amide bonds. The van der Waals surface area contributed by atoms with Crippen molar-refractivity contribution in [2.24, 2.45) is 0 Å². The predicted molar refractivity (Wildman–Crippen MR) is 101 cm³/mol. The van der Waals surface area contributed by atoms with Gasteiger partial charge in [-0.1, -0.05) is 17.7 Å². The minimum Gasteiger partial charge on any atom is -0.467 e. The third-order valence-electron chi connectivity index (χ3n) is 4.02. The van der Waals surface area contributed by atoms with E-state index in [2.05, 4.69) is 11.4 Å². The summed E-state index contributed by atoms with van der Waals surface area (Å²) in [7, 11) is 1.79. The molecule has 2 aromatic rings. The molecule has 0 spiro atoms. The molecule has 0 saturated heterocycles. The van der Waals surface area contributed by atoms with Crippen LogP contribution in [0.25, 0.3) is 0 Å². The highest BCUT2D eigenvalue weighted by atomic mass is 16.3. The maximum absolute atomic E-state index is 12.6. The van der Waals surface area contributed by atoms with E-state index in [0.29, 0.717) is 18.8 Å². The van der Waals surface area contributed by atoms with E-state index in [-0.39, 0.29) is 31.3 Å². The van der Waals surface area contributed by atoms with Gasteiger partial charge in [-0.3, -0.25) is 9.59 Å². The molecule has 2 N–H and O–H groups in total. The van der Waals surface area contributed by atoms with Gasteiger partial charge in [0.2, 0.25) is 0 Å². The number of amides is 2. The van der Waals surface area contributed by atoms with Crippen LogP contribution in [0.5, 0.6) is 0 Å². The highest BCUT2D eigenvalue weighted by molar-refractivity contribution is 5.91. The number of carbonyl (C=O) groups excluding carboxylic acids is 2. The lowest BCUT2D eigenvalue weighted by Gasteiger charge is -2.22. The molecular formula is C20H25N4O3+. The molecule has 142 valence electrons. The van der Waals surface area contributed by atoms with Crippen molar-refractivity contribution in [3.05, 3.63) is 54.0 Å². The van der Waals surface area contributed by atoms with Crippen LogP contribution in [0.1, 0.15) is 17.7 Å². The van der Waals surface area contributed by atoms with Crippen molar-refractivity contribution >= 4 is 17.5 Å². The van der Waals surface area contributed by atoms with Gasteiger partial charge in [0.25, 0.3) is 11.8 Å². The molecule has 1 heterocycles. The molecule has 0 radical (unpaired) electrons. The number of nitrogens with zero attached hydrogens (tertiary/aromatic N) is 2. The Bertz CT molecular complexity index is 779. The number of furan rings is 1. The van der Waals surface area contributed by atoms with Crippen LogP contribution >= 0.6 is 0 Å². The minimum atomic E-state index is -0.154. The topological polar surface area (TPSA) is 90.8 Å². The summed E-state index contributed by atoms with van der Waals surface area (Å²) >= 11 is 0. The van der Waals surface area contributed by atoms with Gasteiger partial charge in [-0.15, -0.1) is 0 Å². The summed E-state index contributed by atoms with van der Waals surface area (Å²) in [5.41, 5.74) is 1.86. The first-order chi connectivity index (χ1) is 13.0. The third-order valence-corrected chi connectivity index (χ3v) is 4.02. The fourth-order valence-corrected chi connectivity index (χ4v) is 2.62. The second-order valence-electron chi connectivity index (χ2n) is 6.53. The van der Waals surface area contributed by atoms with Crippen LogP contribution in [0, 0.1) is 18.3 Å². The highest BCUT2D eigenvalue weighted by Crippen LogP contribution is 2.08. The Kier molecular flexibility index (Phi) is 7.59. The monoisotopic (exact) mass is 369 g/mol. The molecule has 1 unspecified atom stereocenters. The van der Waals surface area contributed by atoms with Gasteiger partial charge in [0, 0.05) is 12.2 Å². The quantitative estimate of drug-likeness (QED) is 0.689. The third kappa shape index (κ3) is 6.96. The number of likely N-dealkylation sites (N-methyl/N-ethyl adjacent to an activating group) is 1. The zero-order valence-corrected chi connectivity index (χ0v) is 15.7. The Morgan fingerprint density at radius 2 is 1.96 bits per heavy atom. The first-order valence-electron chi connectivity index (χ1n) is 8.83. The number of carbonyl (C=O) groups is 2. The Balaban J connectivity index is 1.86. The van der Waals surface area contributed by atoms with E-state index in [1.54, 1.807) is 30.3 Å². The zero-order valence-electron chi connectivity index (χ0n) is 15.7. The van der Waals surface area contributed by atoms with Crippen LogP contribution in [0.2, 0.25) is 0 Å². The Labute approximate surface area is 159 Å². The van der Waals surface area contributed by atoms with Gasteiger partial charge in [0.05, 0.1) is 32.3 Å². The second-order valence-corrected chi connectivity index (χ2v) is 6.53. The first kappa shape index (κ1) is 20.2. The second kappa shape index (κ2) is 10.1. The predicted octanol–water partition coefficient (Wildman–Crippen LogP) is 0.984. The molecule has 27 heavy (non-hydrogen) atoms. The lowest BCUT2D eigenvalue weighted by molar-refractivity contribution is -0.862. The van der Waals surface area contributed by atoms with Gasteiger partial charge < -0.3 is 19.5 Å². The Morgan fingerprint density at radius 1 is 1.22 bits per heavy atom. The molecule has 1 aromatic heterocycles. The number of hydrogen-bond donors (Lipinski definition) is 2. The highest BCUT2D eigenvalue weighted by Gasteiger charge is 2.20. The first-order valence-corrected chi connectivity index (χ1v) is 8.83. The van der Waals surface area contributed by atoms with E-state index in [9.17, 15) is 9.59 Å². The number of quaternary nitrogens is 1. The number of nitrogens with one attached hydrogen (secondary N) is 2. The van der Waals surface area contributed by atoms with Gasteiger partial charge in [-0.05, 0) is 31.2 Å². The summed E-state index contributed by atoms with van der Waals surface area (Å²) in [6.07, 6.45) is 1.80. The summed E-state index contributed by atoms with van der Waals surface area (Å²) in [4.78, 5) is 27.1. The van der Waals surface area contributed by atoms with Crippen molar-refractivity contribution in [3.8, 4) is 6.07 Å². The lowest BCUT2D eigenvalue weighted by atomic mass is 10.2. The minimum absolute atomic E-state index is 0.123. The summed E-state index contributed by atoms with van der Waals surface area (Å²) in [6.45, 7) is 2.96. The average molecular weight is 369 g/mol. The van der Waals surface area contributed by atoms with Crippen molar-refractivity contribution in [1.82, 2.24) is 4.90 Å². The maximum Gasteiger partial charge on any atom is 0.279 e. The van der Waals surface area contributed by atoms with E-state index in [0.717, 1.165) is 16.2 Å². The number of anilines is 1. The SMILES string of the molecule is Cc1ccc(NC(=O)C[NH+](C)CC(=O)N(CCC#N)Cc2ccco2)cc1. The molecular weight excluding hydrogens is 344 g/mol. The summed E-state index contributed by atoms with van der Waals surface area (Å²) in [6, 6.07) is 13.2. The summed E-state index contributed by atoms with van der Waals surface area (Å²) < 4.78 is 5.29. The Hall–Kier alpha value is -3.11. The zero-order chi connectivity index (χ0) is 19.6. The van der Waals surface area contributed by atoms with Gasteiger partial charge >= 0.3 is 0 Å². The summed E-state index contributed by atoms with van der Waals surface area (Å²) in [5.74, 6) is 0.386. The average Bonchev–Trinajstić information content (AvgIpc) is 3.13. The largest absolute Gasteiger partial charge is 0.467 e. The van der Waals surface area contributed by atoms with Crippen LogP contribution in [-0.4, -0.2) is 43.4 Å². The van der Waals surface area contributed by atoms with Crippen LogP contribution in [0.15, 0.2) is 47.1 Å². The maximum atomic E-state index is 12.6. The summed E-state index contributed by atoms with van der Waals surface area (Å²) in [5, 5.41) is 11.6. The van der Waals surface area contributed by atoms with Gasteiger partial charge in [-0.25, -0.2) is 0 Å². The molecule has 1 atom stereocenters. The lowest BCUT2D eigenvalue weighted by Crippen LogP contribution is -3.11. The van der Waals surface area contributed by atoms with Crippen LogP contribution < -0.4 is 10.2 Å². The van der Waals surface area contributed by atoms with Crippen molar-refractivity contribution < 1.29 is 18.9 Å². The van der Waals surface area contributed by atoms with Crippen LogP contribution in [-0.2, 0) is 16.1 Å². The number of aryl methyl sites for hydroxylation is 1. The molecule has 0 aliphatic heterocycles. The van der Waals surface area contributed by atoms with E-state index >= 15 is 0 Å². The standard InChI is InChI=1S/C20H24N4O3/c1-16-6-8-17(9-7-16)22-19(25)14-23(2)15-20(26)24(11-4-10-21)13-18-5-3-12-27-18/h3,5-9,12H,4,11,13-15H2,1-2H3,(H,22,25)/p+1. The van der Waals surface area contributed by atoms with Crippen molar-refractivity contribution in [1.29, 1.82) is 5.26 Å². The number of rotatable bonds is 9. The normalized spacial score (nSPS) is 11.4. The Morgan fingerprint density at radius 3 is 2.59 bits per heavy atom. The van der Waals surface area contributed by atoms with Gasteiger partial charge in [0.1, 0.15) is 5.76 Å². The van der Waals surface area contributed by atoms with Gasteiger partial charge in [0.15, 0.2) is 13.1 Å². The molecule has 0 bridgehead atoms. The molecule has 1 aromatic carbocycles. The fourth-order valence-electron chi connectivity index (χ4n) is 2.62. The van der Waals surface area contributed by atoms with Crippen molar-refractivity contribution in [2.45, 2.75) is 19.9 Å². The van der Waals surface area contributed by atoms with Crippen LogP contribution in [0.4, 0.5) is 5.69 Å². The van der Waals surface area contributed by atoms with Crippen LogP contribution in [0.3, 0.4) is 0 Å². The van der Waals surface area contributed by atoms with E-state index < -0.39 is 0 Å². The molecule has 0 aliphatic carbocycles. The van der Waals surface area contributed by atoms with Crippen molar-refractivity contribution in [3.63, 3.8) is 0 Å². The fraction of sp³-hybridized carbons (Fsp3) is 0.350. The van der Waals surface area contributed by atoms with Gasteiger partial charge in [-0.2, -0.15) is 5.26 Å². The molecule has 7 heteroatoms. The van der Waals surface area contributed by atoms with E-state index in [1.165, 1.54) is 0 Å².